The van der Waals surface area contributed by atoms with E-state index in [2.05, 4.69) is 26.8 Å². The normalized spacial score (nSPS) is 36.4. The minimum absolute atomic E-state index is 0.207. The summed E-state index contributed by atoms with van der Waals surface area (Å²) in [6.07, 6.45) is 6.30. The Kier molecular flexibility index (Phi) is 3.73. The third-order valence-electron chi connectivity index (χ3n) is 6.28. The molecule has 0 aromatic heterocycles. The van der Waals surface area contributed by atoms with Gasteiger partial charge in [-0.1, -0.05) is 20.8 Å². The van der Waals surface area contributed by atoms with Crippen LogP contribution in [0.4, 0.5) is 0 Å². The van der Waals surface area contributed by atoms with Crippen LogP contribution < -0.4 is 0 Å². The second kappa shape index (κ2) is 4.77. The highest BCUT2D eigenvalue weighted by molar-refractivity contribution is 5.11. The van der Waals surface area contributed by atoms with Crippen LogP contribution in [0.1, 0.15) is 66.7 Å². The number of rotatable bonds is 5. The molecule has 0 aromatic carbocycles. The predicted octanol–water partition coefficient (Wildman–Crippen LogP) is 4.55. The Balaban J connectivity index is 1.82. The molecule has 2 rings (SSSR count). The lowest BCUT2D eigenvalue weighted by Crippen LogP contribution is -2.37. The summed E-state index contributed by atoms with van der Waals surface area (Å²) in [4.78, 5) is 0. The molecule has 0 aromatic rings. The van der Waals surface area contributed by atoms with Crippen molar-refractivity contribution in [3.63, 3.8) is 0 Å². The van der Waals surface area contributed by atoms with E-state index in [9.17, 15) is 0 Å². The zero-order chi connectivity index (χ0) is 14.3. The van der Waals surface area contributed by atoms with E-state index in [-0.39, 0.29) is 5.41 Å². The maximum atomic E-state index is 9.01. The van der Waals surface area contributed by atoms with Gasteiger partial charge in [-0.05, 0) is 62.7 Å². The number of nitrogens with zero attached hydrogens (tertiary/aromatic N) is 1. The molecule has 0 saturated heterocycles. The van der Waals surface area contributed by atoms with Crippen molar-refractivity contribution in [2.45, 2.75) is 72.8 Å². The van der Waals surface area contributed by atoms with Gasteiger partial charge in [0.05, 0.1) is 17.6 Å². The maximum Gasteiger partial charge on any atom is 0.0683 e. The first-order valence-electron chi connectivity index (χ1n) is 7.76. The molecule has 2 saturated carbocycles. The lowest BCUT2D eigenvalue weighted by atomic mass is 9.70. The maximum absolute atomic E-state index is 9.01. The largest absolute Gasteiger partial charge is 0.378 e. The average molecular weight is 263 g/mol. The Labute approximate surface area is 118 Å². The molecular formula is C17H29NO. The van der Waals surface area contributed by atoms with Crippen molar-refractivity contribution in [2.24, 2.45) is 22.2 Å². The molecule has 108 valence electrons. The molecule has 0 heterocycles. The Bertz CT molecular complexity index is 379. The first-order valence-corrected chi connectivity index (χ1v) is 7.76. The highest BCUT2D eigenvalue weighted by Gasteiger charge is 2.61. The molecule has 0 amide bonds. The van der Waals surface area contributed by atoms with Gasteiger partial charge in [-0.25, -0.2) is 0 Å². The number of fused-ring (bicyclic) bond motifs is 2. The Hall–Kier alpha value is -0.550. The minimum atomic E-state index is -0.207. The summed E-state index contributed by atoms with van der Waals surface area (Å²) in [5.74, 6) is 0.845. The SMILES string of the molecule is CC(C)(C#N)CCCOC1CC2CCC1(C)C2(C)C. The van der Waals surface area contributed by atoms with Crippen molar-refractivity contribution in [2.75, 3.05) is 6.61 Å². The van der Waals surface area contributed by atoms with Crippen LogP contribution in [-0.2, 0) is 4.74 Å². The van der Waals surface area contributed by atoms with Crippen molar-refractivity contribution in [3.05, 3.63) is 0 Å². The summed E-state index contributed by atoms with van der Waals surface area (Å²) in [7, 11) is 0. The van der Waals surface area contributed by atoms with Gasteiger partial charge in [0.1, 0.15) is 0 Å². The molecule has 0 N–H and O–H groups in total. The third kappa shape index (κ3) is 2.42. The lowest BCUT2D eigenvalue weighted by Gasteiger charge is -2.39. The fourth-order valence-corrected chi connectivity index (χ4v) is 4.18. The molecule has 2 nitrogen and oxygen atoms in total. The van der Waals surface area contributed by atoms with E-state index in [0.29, 0.717) is 16.9 Å². The highest BCUT2D eigenvalue weighted by atomic mass is 16.5. The van der Waals surface area contributed by atoms with Crippen LogP contribution in [0.25, 0.3) is 0 Å². The summed E-state index contributed by atoms with van der Waals surface area (Å²) in [6.45, 7) is 12.1. The molecule has 2 heteroatoms. The summed E-state index contributed by atoms with van der Waals surface area (Å²) in [5.41, 5.74) is 0.590. The molecule has 2 bridgehead atoms. The van der Waals surface area contributed by atoms with E-state index in [0.717, 1.165) is 25.4 Å². The van der Waals surface area contributed by atoms with Crippen molar-refractivity contribution in [1.82, 2.24) is 0 Å². The molecule has 3 unspecified atom stereocenters. The van der Waals surface area contributed by atoms with Crippen LogP contribution in [-0.4, -0.2) is 12.7 Å². The standard InChI is InChI=1S/C17H29NO/c1-15(2,12-18)8-6-10-19-14-11-13-7-9-17(14,5)16(13,3)4/h13-14H,6-11H2,1-5H3. The number of hydrogen-bond acceptors (Lipinski definition) is 2. The van der Waals surface area contributed by atoms with E-state index in [1.54, 1.807) is 0 Å². The van der Waals surface area contributed by atoms with E-state index in [1.807, 2.05) is 13.8 Å². The van der Waals surface area contributed by atoms with Gasteiger partial charge in [0.2, 0.25) is 0 Å². The Morgan fingerprint density at radius 3 is 2.47 bits per heavy atom. The van der Waals surface area contributed by atoms with E-state index in [1.165, 1.54) is 19.3 Å². The van der Waals surface area contributed by atoms with Crippen LogP contribution in [0.5, 0.6) is 0 Å². The molecule has 2 fully saturated rings. The molecule has 3 atom stereocenters. The van der Waals surface area contributed by atoms with Gasteiger partial charge in [0.15, 0.2) is 0 Å². The third-order valence-corrected chi connectivity index (χ3v) is 6.28. The monoisotopic (exact) mass is 263 g/mol. The van der Waals surface area contributed by atoms with Gasteiger partial charge in [-0.3, -0.25) is 0 Å². The van der Waals surface area contributed by atoms with Crippen LogP contribution in [0.3, 0.4) is 0 Å². The molecule has 2 aliphatic rings. The Morgan fingerprint density at radius 2 is 2.00 bits per heavy atom. The van der Waals surface area contributed by atoms with Crippen molar-refractivity contribution in [1.29, 1.82) is 5.26 Å². The van der Waals surface area contributed by atoms with Gasteiger partial charge >= 0.3 is 0 Å². The van der Waals surface area contributed by atoms with Crippen molar-refractivity contribution < 1.29 is 4.74 Å². The first-order chi connectivity index (χ1) is 8.73. The van der Waals surface area contributed by atoms with E-state index >= 15 is 0 Å². The zero-order valence-corrected chi connectivity index (χ0v) is 13.3. The molecule has 2 aliphatic carbocycles. The van der Waals surface area contributed by atoms with Crippen LogP contribution in [0.15, 0.2) is 0 Å². The fourth-order valence-electron chi connectivity index (χ4n) is 4.18. The summed E-state index contributed by atoms with van der Waals surface area (Å²) >= 11 is 0. The van der Waals surface area contributed by atoms with Gasteiger partial charge in [0.25, 0.3) is 0 Å². The molecular weight excluding hydrogens is 234 g/mol. The predicted molar refractivity (Wildman–Crippen MR) is 77.6 cm³/mol. The quantitative estimate of drug-likeness (QED) is 0.682. The van der Waals surface area contributed by atoms with Gasteiger partial charge in [0, 0.05) is 6.61 Å². The number of nitriles is 1. The molecule has 0 spiro atoms. The zero-order valence-electron chi connectivity index (χ0n) is 13.3. The van der Waals surface area contributed by atoms with Crippen LogP contribution in [0, 0.1) is 33.5 Å². The average Bonchev–Trinajstić information content (AvgIpc) is 2.67. The van der Waals surface area contributed by atoms with E-state index in [4.69, 9.17) is 10.00 Å². The smallest absolute Gasteiger partial charge is 0.0683 e. The van der Waals surface area contributed by atoms with E-state index < -0.39 is 0 Å². The molecule has 0 radical (unpaired) electrons. The van der Waals surface area contributed by atoms with Gasteiger partial charge in [-0.2, -0.15) is 5.26 Å². The van der Waals surface area contributed by atoms with Crippen molar-refractivity contribution in [3.8, 4) is 6.07 Å². The topological polar surface area (TPSA) is 33.0 Å². The minimum Gasteiger partial charge on any atom is -0.378 e. The fraction of sp³-hybridized carbons (Fsp3) is 0.941. The van der Waals surface area contributed by atoms with Crippen molar-refractivity contribution >= 4 is 0 Å². The summed E-state index contributed by atoms with van der Waals surface area (Å²) in [5, 5.41) is 9.01. The summed E-state index contributed by atoms with van der Waals surface area (Å²) in [6, 6.07) is 2.36. The second-order valence-corrected chi connectivity index (χ2v) is 8.07. The molecule has 0 aliphatic heterocycles. The van der Waals surface area contributed by atoms with Gasteiger partial charge in [-0.15, -0.1) is 0 Å². The number of ether oxygens (including phenoxy) is 1. The van der Waals surface area contributed by atoms with Crippen LogP contribution in [0.2, 0.25) is 0 Å². The first kappa shape index (κ1) is 14.9. The number of hydrogen-bond donors (Lipinski definition) is 0. The molecule has 19 heavy (non-hydrogen) atoms. The van der Waals surface area contributed by atoms with Crippen LogP contribution >= 0.6 is 0 Å². The second-order valence-electron chi connectivity index (χ2n) is 8.07. The van der Waals surface area contributed by atoms with Gasteiger partial charge < -0.3 is 4.74 Å². The summed E-state index contributed by atoms with van der Waals surface area (Å²) < 4.78 is 6.21. The Morgan fingerprint density at radius 1 is 1.32 bits per heavy atom. The lowest BCUT2D eigenvalue weighted by molar-refractivity contribution is -0.0484. The highest BCUT2D eigenvalue weighted by Crippen LogP contribution is 2.66.